The first-order valence-corrected chi connectivity index (χ1v) is 8.41. The van der Waals surface area contributed by atoms with E-state index in [1.165, 1.54) is 0 Å². The summed E-state index contributed by atoms with van der Waals surface area (Å²) in [7, 11) is 3.30. The van der Waals surface area contributed by atoms with Crippen LogP contribution >= 0.6 is 0 Å². The van der Waals surface area contributed by atoms with Gasteiger partial charge in [-0.3, -0.25) is 0 Å². The Morgan fingerprint density at radius 2 is 2.04 bits per heavy atom. The number of anilines is 1. The van der Waals surface area contributed by atoms with Crippen LogP contribution < -0.4 is 14.4 Å². The highest BCUT2D eigenvalue weighted by Crippen LogP contribution is 2.39. The zero-order valence-corrected chi connectivity index (χ0v) is 14.9. The zero-order chi connectivity index (χ0) is 17.3. The van der Waals surface area contributed by atoms with Crippen LogP contribution in [-0.4, -0.2) is 44.0 Å². The largest absolute Gasteiger partial charge is 0.497 e. The van der Waals surface area contributed by atoms with Crippen LogP contribution in [0.1, 0.15) is 20.3 Å². The van der Waals surface area contributed by atoms with Crippen LogP contribution in [0.15, 0.2) is 24.3 Å². The van der Waals surface area contributed by atoms with E-state index in [1.54, 1.807) is 14.2 Å². The zero-order valence-electron chi connectivity index (χ0n) is 14.9. The molecule has 0 radical (unpaired) electrons. The maximum atomic E-state index is 9.88. The van der Waals surface area contributed by atoms with Crippen molar-refractivity contribution < 1.29 is 14.6 Å². The molecule has 1 aromatic heterocycles. The Balaban J connectivity index is 1.97. The van der Waals surface area contributed by atoms with Crippen LogP contribution in [0.4, 0.5) is 5.82 Å². The van der Waals surface area contributed by atoms with E-state index in [1.807, 2.05) is 24.3 Å². The average molecular weight is 330 g/mol. The van der Waals surface area contributed by atoms with Crippen molar-refractivity contribution in [3.05, 3.63) is 24.3 Å². The van der Waals surface area contributed by atoms with Crippen molar-refractivity contribution in [1.82, 2.24) is 4.98 Å². The molecule has 0 aliphatic carbocycles. The van der Waals surface area contributed by atoms with Gasteiger partial charge in [-0.1, -0.05) is 13.8 Å². The minimum Gasteiger partial charge on any atom is -0.497 e. The number of methoxy groups -OCH3 is 2. The van der Waals surface area contributed by atoms with E-state index in [9.17, 15) is 5.11 Å². The fourth-order valence-corrected chi connectivity index (χ4v) is 3.50. The number of hydrogen-bond donors (Lipinski definition) is 1. The predicted octanol–water partition coefficient (Wildman–Crippen LogP) is 3.10. The summed E-state index contributed by atoms with van der Waals surface area (Å²) in [6.45, 7) is 6.34. The van der Waals surface area contributed by atoms with Gasteiger partial charge in [0.1, 0.15) is 17.3 Å². The lowest BCUT2D eigenvalue weighted by Crippen LogP contribution is -2.35. The van der Waals surface area contributed by atoms with E-state index in [4.69, 9.17) is 14.5 Å². The summed E-state index contributed by atoms with van der Waals surface area (Å²) in [5, 5.41) is 10.9. The first-order chi connectivity index (χ1) is 11.5. The van der Waals surface area contributed by atoms with Crippen molar-refractivity contribution in [1.29, 1.82) is 0 Å². The van der Waals surface area contributed by atoms with Gasteiger partial charge in [0.2, 0.25) is 0 Å². The number of benzene rings is 1. The Bertz CT molecular complexity index is 732. The van der Waals surface area contributed by atoms with Crippen molar-refractivity contribution in [3.63, 3.8) is 0 Å². The Kier molecular flexibility index (Phi) is 4.54. The van der Waals surface area contributed by atoms with Gasteiger partial charge in [-0.15, -0.1) is 0 Å². The summed E-state index contributed by atoms with van der Waals surface area (Å²) in [5.74, 6) is 2.87. The SMILES string of the molecule is COc1cc(OC)c2ccc(N3CCC(CO)(C(C)C)C3)nc2c1. The number of aliphatic hydroxyl groups is 1. The second-order valence-corrected chi connectivity index (χ2v) is 6.91. The van der Waals surface area contributed by atoms with Crippen molar-refractivity contribution >= 4 is 16.7 Å². The van der Waals surface area contributed by atoms with Gasteiger partial charge in [0, 0.05) is 36.0 Å². The van der Waals surface area contributed by atoms with E-state index in [-0.39, 0.29) is 12.0 Å². The normalized spacial score (nSPS) is 20.8. The molecule has 24 heavy (non-hydrogen) atoms. The number of hydrogen-bond acceptors (Lipinski definition) is 5. The molecule has 5 heteroatoms. The average Bonchev–Trinajstić information content (AvgIpc) is 3.06. The molecule has 130 valence electrons. The number of fused-ring (bicyclic) bond motifs is 1. The van der Waals surface area contributed by atoms with Crippen molar-refractivity contribution in [2.24, 2.45) is 11.3 Å². The van der Waals surface area contributed by atoms with Gasteiger partial charge in [0.25, 0.3) is 0 Å². The van der Waals surface area contributed by atoms with Crippen LogP contribution in [0.3, 0.4) is 0 Å². The molecular weight excluding hydrogens is 304 g/mol. The summed E-state index contributed by atoms with van der Waals surface area (Å²) in [6.07, 6.45) is 0.988. The maximum absolute atomic E-state index is 9.88. The summed E-state index contributed by atoms with van der Waals surface area (Å²) in [6, 6.07) is 7.88. The Morgan fingerprint density at radius 1 is 1.25 bits per heavy atom. The predicted molar refractivity (Wildman–Crippen MR) is 96.0 cm³/mol. The van der Waals surface area contributed by atoms with E-state index in [0.29, 0.717) is 5.92 Å². The summed E-state index contributed by atoms with van der Waals surface area (Å²) >= 11 is 0. The molecule has 0 saturated carbocycles. The molecule has 1 atom stereocenters. The highest BCUT2D eigenvalue weighted by atomic mass is 16.5. The fraction of sp³-hybridized carbons (Fsp3) is 0.526. The third-order valence-electron chi connectivity index (χ3n) is 5.43. The Labute approximate surface area is 143 Å². The highest BCUT2D eigenvalue weighted by molar-refractivity contribution is 5.88. The molecule has 1 unspecified atom stereocenters. The summed E-state index contributed by atoms with van der Waals surface area (Å²) in [4.78, 5) is 7.08. The molecule has 1 aliphatic rings. The highest BCUT2D eigenvalue weighted by Gasteiger charge is 2.40. The molecule has 1 saturated heterocycles. The molecule has 2 heterocycles. The smallest absolute Gasteiger partial charge is 0.131 e. The number of aliphatic hydroxyl groups excluding tert-OH is 1. The van der Waals surface area contributed by atoms with Gasteiger partial charge >= 0.3 is 0 Å². The Morgan fingerprint density at radius 3 is 2.62 bits per heavy atom. The fourth-order valence-electron chi connectivity index (χ4n) is 3.50. The number of aromatic nitrogens is 1. The van der Waals surface area contributed by atoms with Crippen molar-refractivity contribution in [2.45, 2.75) is 20.3 Å². The Hall–Kier alpha value is -2.01. The van der Waals surface area contributed by atoms with Gasteiger partial charge in [-0.05, 0) is 24.5 Å². The van der Waals surface area contributed by atoms with Gasteiger partial charge < -0.3 is 19.5 Å². The molecule has 1 aromatic carbocycles. The quantitative estimate of drug-likeness (QED) is 0.913. The second kappa shape index (κ2) is 6.48. The summed E-state index contributed by atoms with van der Waals surface area (Å²) < 4.78 is 10.8. The molecule has 2 aromatic rings. The van der Waals surface area contributed by atoms with Crippen LogP contribution in [0.25, 0.3) is 10.9 Å². The first-order valence-electron chi connectivity index (χ1n) is 8.41. The number of rotatable bonds is 5. The molecule has 1 aliphatic heterocycles. The van der Waals surface area contributed by atoms with Gasteiger partial charge in [0.05, 0.1) is 26.3 Å². The van der Waals surface area contributed by atoms with Crippen molar-refractivity contribution in [2.75, 3.05) is 38.8 Å². The molecular formula is C19H26N2O3. The van der Waals surface area contributed by atoms with Crippen LogP contribution in [0, 0.1) is 11.3 Å². The topological polar surface area (TPSA) is 54.8 Å². The lowest BCUT2D eigenvalue weighted by molar-refractivity contribution is 0.0975. The molecule has 3 rings (SSSR count). The molecule has 0 bridgehead atoms. The number of nitrogens with zero attached hydrogens (tertiary/aromatic N) is 2. The first kappa shape index (κ1) is 16.8. The maximum Gasteiger partial charge on any atom is 0.131 e. The van der Waals surface area contributed by atoms with E-state index >= 15 is 0 Å². The number of pyridine rings is 1. The second-order valence-electron chi connectivity index (χ2n) is 6.91. The third kappa shape index (κ3) is 2.77. The monoisotopic (exact) mass is 330 g/mol. The lowest BCUT2D eigenvalue weighted by atomic mass is 9.77. The molecule has 1 fully saturated rings. The van der Waals surface area contributed by atoms with E-state index in [0.717, 1.165) is 47.7 Å². The van der Waals surface area contributed by atoms with Gasteiger partial charge in [0.15, 0.2) is 0 Å². The van der Waals surface area contributed by atoms with E-state index < -0.39 is 0 Å². The molecule has 0 spiro atoms. The standard InChI is InChI=1S/C19H26N2O3/c1-13(2)19(12-22)7-8-21(11-19)18-6-5-15-16(20-18)9-14(23-3)10-17(15)24-4/h5-6,9-10,13,22H,7-8,11-12H2,1-4H3. The lowest BCUT2D eigenvalue weighted by Gasteiger charge is -2.31. The van der Waals surface area contributed by atoms with Gasteiger partial charge in [-0.25, -0.2) is 4.98 Å². The number of ether oxygens (including phenoxy) is 2. The van der Waals surface area contributed by atoms with Crippen molar-refractivity contribution in [3.8, 4) is 11.5 Å². The third-order valence-corrected chi connectivity index (χ3v) is 5.43. The minimum atomic E-state index is -0.0390. The van der Waals surface area contributed by atoms with Gasteiger partial charge in [-0.2, -0.15) is 0 Å². The molecule has 0 amide bonds. The van der Waals surface area contributed by atoms with Crippen LogP contribution in [-0.2, 0) is 0 Å². The molecule has 5 nitrogen and oxygen atoms in total. The van der Waals surface area contributed by atoms with Crippen LogP contribution in [0.2, 0.25) is 0 Å². The van der Waals surface area contributed by atoms with Crippen LogP contribution in [0.5, 0.6) is 11.5 Å². The summed E-state index contributed by atoms with van der Waals surface area (Å²) in [5.41, 5.74) is 0.817. The minimum absolute atomic E-state index is 0.0390. The van der Waals surface area contributed by atoms with E-state index in [2.05, 4.69) is 18.7 Å². The molecule has 1 N–H and O–H groups in total.